The molecule has 0 aromatic heterocycles. The lowest BCUT2D eigenvalue weighted by molar-refractivity contribution is -0.857. The average molecular weight is 391 g/mol. The van der Waals surface area contributed by atoms with E-state index in [-0.39, 0.29) is 17.5 Å². The maximum absolute atomic E-state index is 11.9. The van der Waals surface area contributed by atoms with Gasteiger partial charge in [-0.15, -0.1) is 0 Å². The average Bonchev–Trinajstić information content (AvgIpc) is 2.84. The smallest absolute Gasteiger partial charge is 0.173 e. The fourth-order valence-corrected chi connectivity index (χ4v) is 5.00. The second kappa shape index (κ2) is 7.99. The van der Waals surface area contributed by atoms with E-state index in [1.54, 1.807) is 0 Å². The van der Waals surface area contributed by atoms with Gasteiger partial charge in [0, 0.05) is 16.8 Å². The van der Waals surface area contributed by atoms with Gasteiger partial charge in [0.1, 0.15) is 0 Å². The summed E-state index contributed by atoms with van der Waals surface area (Å²) < 4.78 is 23.7. The van der Waals surface area contributed by atoms with E-state index < -0.39 is 9.84 Å². The van der Waals surface area contributed by atoms with Crippen molar-refractivity contribution >= 4 is 44.5 Å². The van der Waals surface area contributed by atoms with Crippen molar-refractivity contribution in [3.63, 3.8) is 0 Å². The van der Waals surface area contributed by atoms with E-state index in [0.29, 0.717) is 23.1 Å². The number of benzene rings is 1. The number of sulfone groups is 1. The minimum absolute atomic E-state index is 0.0613. The van der Waals surface area contributed by atoms with Crippen LogP contribution in [-0.2, 0) is 9.84 Å². The van der Waals surface area contributed by atoms with Crippen molar-refractivity contribution in [3.8, 4) is 0 Å². The van der Waals surface area contributed by atoms with Crippen molar-refractivity contribution in [2.75, 3.05) is 44.0 Å². The van der Waals surface area contributed by atoms with Crippen LogP contribution in [-0.4, -0.2) is 63.2 Å². The van der Waals surface area contributed by atoms with Crippen molar-refractivity contribution < 1.29 is 13.3 Å². The van der Waals surface area contributed by atoms with Crippen molar-refractivity contribution in [3.05, 3.63) is 28.8 Å². The predicted octanol–water partition coefficient (Wildman–Crippen LogP) is 0.979. The molecule has 0 radical (unpaired) electrons. The van der Waals surface area contributed by atoms with Crippen LogP contribution in [0, 0.1) is 6.92 Å². The number of hydrogen-bond donors (Lipinski definition) is 2. The number of hydrogen-bond acceptors (Lipinski definition) is 3. The lowest BCUT2D eigenvalue weighted by atomic mass is 10.2. The van der Waals surface area contributed by atoms with Gasteiger partial charge in [0.05, 0.1) is 38.7 Å². The summed E-state index contributed by atoms with van der Waals surface area (Å²) in [4.78, 5) is 3.32. The highest BCUT2D eigenvalue weighted by atomic mass is 35.5. The molecule has 1 heterocycles. The first kappa shape index (κ1) is 19.4. The van der Waals surface area contributed by atoms with Gasteiger partial charge in [0.15, 0.2) is 14.9 Å². The third-order valence-electron chi connectivity index (χ3n) is 4.27. The summed E-state index contributed by atoms with van der Waals surface area (Å²) in [5, 5.41) is 4.48. The van der Waals surface area contributed by atoms with Crippen molar-refractivity contribution in [2.24, 2.45) is 0 Å². The zero-order valence-corrected chi connectivity index (χ0v) is 16.7. The molecule has 24 heavy (non-hydrogen) atoms. The number of anilines is 1. The quantitative estimate of drug-likeness (QED) is 0.734. The predicted molar refractivity (Wildman–Crippen MR) is 104 cm³/mol. The fraction of sp³-hybridized carbons (Fsp3) is 0.562. The Morgan fingerprint density at radius 2 is 2.17 bits per heavy atom. The van der Waals surface area contributed by atoms with Gasteiger partial charge in [0.2, 0.25) is 0 Å². The Hall–Kier alpha value is -0.890. The molecule has 2 N–H and O–H groups in total. The van der Waals surface area contributed by atoms with Crippen molar-refractivity contribution in [1.29, 1.82) is 0 Å². The number of thiocarbonyl (C=S) groups is 1. The molecule has 1 aliphatic rings. The first-order chi connectivity index (χ1) is 11.2. The Balaban J connectivity index is 2.16. The summed E-state index contributed by atoms with van der Waals surface area (Å²) in [5.74, 6) is 0.411. The van der Waals surface area contributed by atoms with E-state index in [2.05, 4.69) is 19.4 Å². The third-order valence-corrected chi connectivity index (χ3v) is 6.77. The molecule has 1 fully saturated rings. The standard InChI is InChI=1S/C16H24ClN3O2S2/c1-12-14(17)5-4-6-15(12)18-16(23)20(9-8-19(2)3)13-7-10-24(21,22)11-13/h4-6,13H,7-11H2,1-3H3,(H,18,23)/p+1/t13-/m0/s1. The molecule has 1 aromatic rings. The summed E-state index contributed by atoms with van der Waals surface area (Å²) in [6.45, 7) is 3.53. The van der Waals surface area contributed by atoms with Gasteiger partial charge in [-0.2, -0.15) is 0 Å². The highest BCUT2D eigenvalue weighted by Gasteiger charge is 2.33. The molecule has 0 unspecified atom stereocenters. The molecule has 1 aromatic carbocycles. The highest BCUT2D eigenvalue weighted by Crippen LogP contribution is 2.24. The molecule has 0 saturated carbocycles. The number of halogens is 1. The van der Waals surface area contributed by atoms with Crippen molar-refractivity contribution in [2.45, 2.75) is 19.4 Å². The van der Waals surface area contributed by atoms with Gasteiger partial charge in [-0.1, -0.05) is 17.7 Å². The van der Waals surface area contributed by atoms with E-state index in [1.165, 1.54) is 4.90 Å². The monoisotopic (exact) mass is 390 g/mol. The first-order valence-electron chi connectivity index (χ1n) is 8.02. The summed E-state index contributed by atoms with van der Waals surface area (Å²) in [6.07, 6.45) is 0.626. The number of likely N-dealkylation sites (N-methyl/N-ethyl adjacent to an activating group) is 1. The zero-order valence-electron chi connectivity index (χ0n) is 14.3. The molecular formula is C16H25ClN3O2S2+. The van der Waals surface area contributed by atoms with E-state index in [1.807, 2.05) is 30.0 Å². The number of quaternary nitrogens is 1. The van der Waals surface area contributed by atoms with Crippen LogP contribution in [0.5, 0.6) is 0 Å². The lowest BCUT2D eigenvalue weighted by Gasteiger charge is -2.31. The molecule has 0 bridgehead atoms. The maximum atomic E-state index is 11.9. The van der Waals surface area contributed by atoms with E-state index in [4.69, 9.17) is 23.8 Å². The third kappa shape index (κ3) is 5.05. The van der Waals surface area contributed by atoms with E-state index in [9.17, 15) is 8.42 Å². The molecule has 1 aliphatic heterocycles. The first-order valence-corrected chi connectivity index (χ1v) is 10.6. The molecule has 0 amide bonds. The Morgan fingerprint density at radius 1 is 1.46 bits per heavy atom. The molecule has 8 heteroatoms. The fourth-order valence-electron chi connectivity index (χ4n) is 2.75. The number of nitrogens with zero attached hydrogens (tertiary/aromatic N) is 1. The van der Waals surface area contributed by atoms with Crippen LogP contribution in [0.25, 0.3) is 0 Å². The Bertz CT molecular complexity index is 707. The topological polar surface area (TPSA) is 53.9 Å². The van der Waals surface area contributed by atoms with E-state index >= 15 is 0 Å². The zero-order chi connectivity index (χ0) is 17.9. The van der Waals surface area contributed by atoms with Crippen LogP contribution < -0.4 is 10.2 Å². The molecule has 1 saturated heterocycles. The van der Waals surface area contributed by atoms with Crippen molar-refractivity contribution in [1.82, 2.24) is 4.90 Å². The molecule has 0 spiro atoms. The van der Waals surface area contributed by atoms with E-state index in [0.717, 1.165) is 17.8 Å². The SMILES string of the molecule is Cc1c(Cl)cccc1NC(=S)N(CC[NH+](C)C)[C@H]1CCS(=O)(=O)C1. The van der Waals surface area contributed by atoms with Crippen LogP contribution >= 0.6 is 23.8 Å². The van der Waals surface area contributed by atoms with Gasteiger partial charge in [-0.3, -0.25) is 0 Å². The second-order valence-corrected chi connectivity index (χ2v) is 9.57. The van der Waals surface area contributed by atoms with Crippen LogP contribution in [0.3, 0.4) is 0 Å². The summed E-state index contributed by atoms with van der Waals surface area (Å²) >= 11 is 11.8. The summed E-state index contributed by atoms with van der Waals surface area (Å²) in [7, 11) is 1.18. The molecule has 1 atom stereocenters. The number of rotatable bonds is 5. The summed E-state index contributed by atoms with van der Waals surface area (Å²) in [5.41, 5.74) is 1.79. The van der Waals surface area contributed by atoms with Crippen LogP contribution in [0.15, 0.2) is 18.2 Å². The van der Waals surface area contributed by atoms with Gasteiger partial charge in [0.25, 0.3) is 0 Å². The lowest BCUT2D eigenvalue weighted by Crippen LogP contribution is -3.06. The molecular weight excluding hydrogens is 366 g/mol. The normalized spacial score (nSPS) is 19.5. The van der Waals surface area contributed by atoms with Crippen LogP contribution in [0.1, 0.15) is 12.0 Å². The second-order valence-electron chi connectivity index (χ2n) is 6.55. The molecule has 134 valence electrons. The molecule has 0 aliphatic carbocycles. The number of nitrogens with one attached hydrogen (secondary N) is 2. The summed E-state index contributed by atoms with van der Waals surface area (Å²) in [6, 6.07) is 5.57. The maximum Gasteiger partial charge on any atom is 0.173 e. The minimum Gasteiger partial charge on any atom is -0.339 e. The Kier molecular flexibility index (Phi) is 6.47. The van der Waals surface area contributed by atoms with Crippen LogP contribution in [0.4, 0.5) is 5.69 Å². The van der Waals surface area contributed by atoms with Crippen LogP contribution in [0.2, 0.25) is 5.02 Å². The van der Waals surface area contributed by atoms with Gasteiger partial charge in [-0.05, 0) is 43.3 Å². The Labute approximate surface area is 154 Å². The minimum atomic E-state index is -2.96. The van der Waals surface area contributed by atoms with Gasteiger partial charge < -0.3 is 15.1 Å². The molecule has 5 nitrogen and oxygen atoms in total. The van der Waals surface area contributed by atoms with Gasteiger partial charge >= 0.3 is 0 Å². The molecule has 2 rings (SSSR count). The highest BCUT2D eigenvalue weighted by molar-refractivity contribution is 7.91. The van der Waals surface area contributed by atoms with Gasteiger partial charge in [-0.25, -0.2) is 8.42 Å². The Morgan fingerprint density at radius 3 is 2.75 bits per heavy atom. The largest absolute Gasteiger partial charge is 0.339 e.